The highest BCUT2D eigenvalue weighted by molar-refractivity contribution is 5.48. The highest BCUT2D eigenvalue weighted by atomic mass is 16.7. The van der Waals surface area contributed by atoms with E-state index < -0.39 is 0 Å². The molecule has 2 aromatic carbocycles. The summed E-state index contributed by atoms with van der Waals surface area (Å²) in [7, 11) is 0. The van der Waals surface area contributed by atoms with Crippen molar-refractivity contribution in [3.8, 4) is 11.5 Å². The van der Waals surface area contributed by atoms with Crippen molar-refractivity contribution in [2.45, 2.75) is 33.0 Å². The zero-order valence-electron chi connectivity index (χ0n) is 14.1. The Morgan fingerprint density at radius 3 is 2.25 bits per heavy atom. The van der Waals surface area contributed by atoms with Crippen LogP contribution in [-0.4, -0.2) is 20.0 Å². The lowest BCUT2D eigenvalue weighted by molar-refractivity contribution is 0.0336. The number of hydrogen-bond acceptors (Lipinski definition) is 4. The molecule has 0 spiro atoms. The minimum Gasteiger partial charge on any atom is -0.454 e. The number of fused-ring (bicyclic) bond motifs is 1. The minimum atomic E-state index is 0.304. The minimum absolute atomic E-state index is 0.304. The van der Waals surface area contributed by atoms with E-state index in [1.165, 1.54) is 16.7 Å². The van der Waals surface area contributed by atoms with Gasteiger partial charge in [0.05, 0.1) is 26.4 Å². The van der Waals surface area contributed by atoms with Crippen LogP contribution in [0.15, 0.2) is 42.5 Å². The molecule has 1 heterocycles. The predicted molar refractivity (Wildman–Crippen MR) is 92.3 cm³/mol. The summed E-state index contributed by atoms with van der Waals surface area (Å²) in [5, 5.41) is 0. The lowest BCUT2D eigenvalue weighted by atomic mass is 10.0. The van der Waals surface area contributed by atoms with Gasteiger partial charge >= 0.3 is 0 Å². The molecule has 0 bridgehead atoms. The summed E-state index contributed by atoms with van der Waals surface area (Å²) in [5.41, 5.74) is 3.62. The van der Waals surface area contributed by atoms with Gasteiger partial charge in [-0.2, -0.15) is 0 Å². The SMILES string of the molecule is CCCc1cc2c(cc1COCCOCc1ccccc1)OCO2. The van der Waals surface area contributed by atoms with Crippen LogP contribution in [0.4, 0.5) is 0 Å². The summed E-state index contributed by atoms with van der Waals surface area (Å²) in [6, 6.07) is 14.3. The third-order valence-corrected chi connectivity index (χ3v) is 3.96. The molecular weight excluding hydrogens is 304 g/mol. The van der Waals surface area contributed by atoms with Gasteiger partial charge in [-0.15, -0.1) is 0 Å². The number of benzene rings is 2. The zero-order chi connectivity index (χ0) is 16.6. The fourth-order valence-electron chi connectivity index (χ4n) is 2.73. The summed E-state index contributed by atoms with van der Waals surface area (Å²) >= 11 is 0. The quantitative estimate of drug-likeness (QED) is 0.649. The van der Waals surface area contributed by atoms with E-state index in [-0.39, 0.29) is 0 Å². The van der Waals surface area contributed by atoms with Crippen LogP contribution in [0.2, 0.25) is 0 Å². The molecule has 24 heavy (non-hydrogen) atoms. The van der Waals surface area contributed by atoms with Crippen LogP contribution < -0.4 is 9.47 Å². The van der Waals surface area contributed by atoms with Crippen LogP contribution in [0.1, 0.15) is 30.0 Å². The smallest absolute Gasteiger partial charge is 0.231 e. The van der Waals surface area contributed by atoms with Gasteiger partial charge in [0.2, 0.25) is 6.79 Å². The highest BCUT2D eigenvalue weighted by Crippen LogP contribution is 2.35. The Morgan fingerprint density at radius 1 is 0.875 bits per heavy atom. The molecule has 0 amide bonds. The van der Waals surface area contributed by atoms with Crippen LogP contribution in [0.5, 0.6) is 11.5 Å². The van der Waals surface area contributed by atoms with Gasteiger partial charge in [-0.3, -0.25) is 0 Å². The van der Waals surface area contributed by atoms with Crippen LogP contribution in [-0.2, 0) is 29.1 Å². The number of rotatable bonds is 9. The Morgan fingerprint density at radius 2 is 1.54 bits per heavy atom. The molecule has 0 aliphatic carbocycles. The summed E-state index contributed by atoms with van der Waals surface area (Å²) in [6.45, 7) is 4.83. The van der Waals surface area contributed by atoms with E-state index in [1.54, 1.807) is 0 Å². The first-order valence-electron chi connectivity index (χ1n) is 8.47. The third kappa shape index (κ3) is 4.49. The second-order valence-electron chi connectivity index (χ2n) is 5.81. The van der Waals surface area contributed by atoms with Gasteiger partial charge in [-0.05, 0) is 35.2 Å². The van der Waals surface area contributed by atoms with E-state index in [2.05, 4.69) is 25.1 Å². The third-order valence-electron chi connectivity index (χ3n) is 3.96. The van der Waals surface area contributed by atoms with Crippen molar-refractivity contribution in [3.63, 3.8) is 0 Å². The van der Waals surface area contributed by atoms with Gasteiger partial charge in [0.1, 0.15) is 0 Å². The number of hydrogen-bond donors (Lipinski definition) is 0. The van der Waals surface area contributed by atoms with Gasteiger partial charge < -0.3 is 18.9 Å². The Labute approximate surface area is 143 Å². The lowest BCUT2D eigenvalue weighted by Gasteiger charge is -2.11. The van der Waals surface area contributed by atoms with E-state index in [0.717, 1.165) is 24.3 Å². The Kier molecular flexibility index (Phi) is 6.10. The fraction of sp³-hybridized carbons (Fsp3) is 0.400. The molecule has 2 aromatic rings. The summed E-state index contributed by atoms with van der Waals surface area (Å²) in [4.78, 5) is 0. The molecule has 3 rings (SSSR count). The summed E-state index contributed by atoms with van der Waals surface area (Å²) < 4.78 is 22.3. The zero-order valence-corrected chi connectivity index (χ0v) is 14.1. The molecule has 0 saturated heterocycles. The molecule has 1 aliphatic heterocycles. The second kappa shape index (κ2) is 8.71. The van der Waals surface area contributed by atoms with Crippen molar-refractivity contribution >= 4 is 0 Å². The molecule has 0 radical (unpaired) electrons. The van der Waals surface area contributed by atoms with Gasteiger partial charge in [-0.1, -0.05) is 43.7 Å². The van der Waals surface area contributed by atoms with E-state index in [0.29, 0.717) is 33.2 Å². The number of aryl methyl sites for hydroxylation is 1. The van der Waals surface area contributed by atoms with Gasteiger partial charge in [0, 0.05) is 0 Å². The first kappa shape index (κ1) is 16.8. The van der Waals surface area contributed by atoms with E-state index in [9.17, 15) is 0 Å². The van der Waals surface area contributed by atoms with E-state index in [1.807, 2.05) is 24.3 Å². The molecule has 0 aromatic heterocycles. The molecule has 0 saturated carbocycles. The molecule has 1 aliphatic rings. The van der Waals surface area contributed by atoms with Crippen molar-refractivity contribution in [1.82, 2.24) is 0 Å². The van der Waals surface area contributed by atoms with Gasteiger partial charge in [0.15, 0.2) is 11.5 Å². The van der Waals surface area contributed by atoms with Crippen molar-refractivity contribution < 1.29 is 18.9 Å². The lowest BCUT2D eigenvalue weighted by Crippen LogP contribution is -2.06. The predicted octanol–water partition coefficient (Wildman–Crippen LogP) is 4.10. The molecule has 0 fully saturated rings. The molecule has 128 valence electrons. The summed E-state index contributed by atoms with van der Waals surface area (Å²) in [6.07, 6.45) is 2.10. The average molecular weight is 328 g/mol. The van der Waals surface area contributed by atoms with Crippen LogP contribution in [0.25, 0.3) is 0 Å². The molecule has 4 nitrogen and oxygen atoms in total. The first-order valence-corrected chi connectivity index (χ1v) is 8.47. The first-order chi connectivity index (χ1) is 11.9. The summed E-state index contributed by atoms with van der Waals surface area (Å²) in [5.74, 6) is 1.65. The number of ether oxygens (including phenoxy) is 4. The monoisotopic (exact) mass is 328 g/mol. The van der Waals surface area contributed by atoms with Gasteiger partial charge in [-0.25, -0.2) is 0 Å². The van der Waals surface area contributed by atoms with Crippen molar-refractivity contribution in [1.29, 1.82) is 0 Å². The second-order valence-corrected chi connectivity index (χ2v) is 5.81. The topological polar surface area (TPSA) is 36.9 Å². The van der Waals surface area contributed by atoms with Crippen LogP contribution in [0.3, 0.4) is 0 Å². The normalized spacial score (nSPS) is 12.5. The van der Waals surface area contributed by atoms with Crippen molar-refractivity contribution in [2.24, 2.45) is 0 Å². The molecule has 4 heteroatoms. The van der Waals surface area contributed by atoms with Crippen LogP contribution in [0, 0.1) is 0 Å². The van der Waals surface area contributed by atoms with Crippen molar-refractivity contribution in [3.05, 3.63) is 59.2 Å². The molecular formula is C20H24O4. The maximum atomic E-state index is 5.78. The van der Waals surface area contributed by atoms with Gasteiger partial charge in [0.25, 0.3) is 0 Å². The van der Waals surface area contributed by atoms with Crippen molar-refractivity contribution in [2.75, 3.05) is 20.0 Å². The average Bonchev–Trinajstić information content (AvgIpc) is 3.06. The highest BCUT2D eigenvalue weighted by Gasteiger charge is 2.16. The standard InChI is InChI=1S/C20H24O4/c1-2-6-17-11-19-20(24-15-23-19)12-18(17)14-22-10-9-21-13-16-7-4-3-5-8-16/h3-5,7-8,11-12H,2,6,9-10,13-15H2,1H3. The van der Waals surface area contributed by atoms with E-state index in [4.69, 9.17) is 18.9 Å². The van der Waals surface area contributed by atoms with E-state index >= 15 is 0 Å². The molecule has 0 N–H and O–H groups in total. The largest absolute Gasteiger partial charge is 0.454 e. The maximum Gasteiger partial charge on any atom is 0.231 e. The molecule has 0 unspecified atom stereocenters. The van der Waals surface area contributed by atoms with Crippen LogP contribution >= 0.6 is 0 Å². The Bertz CT molecular complexity index is 640. The maximum absolute atomic E-state index is 5.78. The Hall–Kier alpha value is -2.04. The fourth-order valence-corrected chi connectivity index (χ4v) is 2.73. The Balaban J connectivity index is 1.44. The molecule has 0 atom stereocenters.